The number of amides is 1. The van der Waals surface area contributed by atoms with Crippen molar-refractivity contribution in [2.24, 2.45) is 5.84 Å². The molecule has 0 unspecified atom stereocenters. The topological polar surface area (TPSA) is 76.4 Å². The number of carbonyl (C=O) groups is 1. The van der Waals surface area contributed by atoms with Gasteiger partial charge < -0.3 is 15.5 Å². The van der Waals surface area contributed by atoms with Crippen molar-refractivity contribution in [1.82, 2.24) is 5.32 Å². The minimum Gasteiger partial charge on any atom is -0.381 e. The normalized spacial score (nSPS) is 22.7. The number of hydrazine groups is 1. The van der Waals surface area contributed by atoms with Gasteiger partial charge in [0.1, 0.15) is 0 Å². The second-order valence-corrected chi connectivity index (χ2v) is 4.19. The number of para-hydroxylation sites is 1. The van der Waals surface area contributed by atoms with E-state index in [1.54, 1.807) is 19.2 Å². The van der Waals surface area contributed by atoms with Crippen LogP contribution in [0.1, 0.15) is 23.2 Å². The summed E-state index contributed by atoms with van der Waals surface area (Å²) in [6.07, 6.45) is 2.03. The van der Waals surface area contributed by atoms with E-state index in [1.165, 1.54) is 0 Å². The lowest BCUT2D eigenvalue weighted by Gasteiger charge is -2.34. The van der Waals surface area contributed by atoms with Gasteiger partial charge in [-0.2, -0.15) is 0 Å². The first-order chi connectivity index (χ1) is 8.24. The van der Waals surface area contributed by atoms with Crippen LogP contribution < -0.4 is 16.6 Å². The Morgan fingerprint density at radius 2 is 2.12 bits per heavy atom. The summed E-state index contributed by atoms with van der Waals surface area (Å²) in [7, 11) is 1.69. The van der Waals surface area contributed by atoms with Gasteiger partial charge in [0.2, 0.25) is 0 Å². The molecule has 1 saturated carbocycles. The summed E-state index contributed by atoms with van der Waals surface area (Å²) >= 11 is 0. The van der Waals surface area contributed by atoms with E-state index in [0.29, 0.717) is 11.3 Å². The highest BCUT2D eigenvalue weighted by Gasteiger charge is 2.30. The van der Waals surface area contributed by atoms with Gasteiger partial charge in [-0.15, -0.1) is 0 Å². The maximum Gasteiger partial charge on any atom is 0.253 e. The summed E-state index contributed by atoms with van der Waals surface area (Å²) < 4.78 is 5.16. The minimum absolute atomic E-state index is 0.0990. The van der Waals surface area contributed by atoms with Crippen molar-refractivity contribution in [3.63, 3.8) is 0 Å². The molecule has 1 aliphatic carbocycles. The Kier molecular flexibility index (Phi) is 3.61. The van der Waals surface area contributed by atoms with Crippen molar-refractivity contribution < 1.29 is 9.53 Å². The Morgan fingerprint density at radius 3 is 2.76 bits per heavy atom. The Balaban J connectivity index is 1.96. The van der Waals surface area contributed by atoms with Crippen LogP contribution in [0.2, 0.25) is 0 Å². The van der Waals surface area contributed by atoms with Crippen molar-refractivity contribution in [3.8, 4) is 0 Å². The molecule has 0 heterocycles. The molecule has 5 heteroatoms. The van der Waals surface area contributed by atoms with E-state index in [4.69, 9.17) is 10.6 Å². The number of carbonyl (C=O) groups excluding carboxylic acids is 1. The molecule has 0 atom stereocenters. The van der Waals surface area contributed by atoms with Crippen molar-refractivity contribution in [1.29, 1.82) is 0 Å². The number of anilines is 1. The second kappa shape index (κ2) is 5.16. The summed E-state index contributed by atoms with van der Waals surface area (Å²) in [5.41, 5.74) is 3.72. The molecule has 2 rings (SSSR count). The van der Waals surface area contributed by atoms with Crippen LogP contribution in [0.4, 0.5) is 5.69 Å². The van der Waals surface area contributed by atoms with Crippen LogP contribution in [0.25, 0.3) is 0 Å². The minimum atomic E-state index is -0.0990. The number of ether oxygens (including phenoxy) is 1. The van der Waals surface area contributed by atoms with Crippen LogP contribution in [0.15, 0.2) is 24.3 Å². The Hall–Kier alpha value is -1.59. The number of hydrogen-bond donors (Lipinski definition) is 3. The summed E-state index contributed by atoms with van der Waals surface area (Å²) in [5, 5.41) is 2.96. The molecule has 92 valence electrons. The summed E-state index contributed by atoms with van der Waals surface area (Å²) in [6.45, 7) is 0. The largest absolute Gasteiger partial charge is 0.381 e. The zero-order valence-electron chi connectivity index (χ0n) is 9.77. The van der Waals surface area contributed by atoms with Crippen molar-refractivity contribution >= 4 is 11.6 Å². The Labute approximate surface area is 100 Å². The molecule has 0 aromatic heterocycles. The van der Waals surface area contributed by atoms with Crippen LogP contribution in [0.3, 0.4) is 0 Å². The van der Waals surface area contributed by atoms with E-state index >= 15 is 0 Å². The van der Waals surface area contributed by atoms with Gasteiger partial charge in [-0.25, -0.2) is 0 Å². The van der Waals surface area contributed by atoms with Crippen LogP contribution >= 0.6 is 0 Å². The van der Waals surface area contributed by atoms with Crippen LogP contribution in [-0.2, 0) is 4.74 Å². The summed E-state index contributed by atoms with van der Waals surface area (Å²) in [5.74, 6) is 5.26. The molecule has 1 aromatic carbocycles. The Bertz CT molecular complexity index is 402. The van der Waals surface area contributed by atoms with Gasteiger partial charge >= 0.3 is 0 Å². The first-order valence-electron chi connectivity index (χ1n) is 5.64. The molecule has 5 nitrogen and oxygen atoms in total. The first kappa shape index (κ1) is 11.9. The highest BCUT2D eigenvalue weighted by molar-refractivity contribution is 5.99. The van der Waals surface area contributed by atoms with Gasteiger partial charge in [-0.05, 0) is 25.0 Å². The van der Waals surface area contributed by atoms with E-state index in [9.17, 15) is 4.79 Å². The van der Waals surface area contributed by atoms with Gasteiger partial charge in [0, 0.05) is 13.2 Å². The maximum absolute atomic E-state index is 12.0. The summed E-state index contributed by atoms with van der Waals surface area (Å²) in [6, 6.07) is 7.37. The van der Waals surface area contributed by atoms with Crippen LogP contribution in [0.5, 0.6) is 0 Å². The lowest BCUT2D eigenvalue weighted by molar-refractivity contribution is 0.0176. The molecular weight excluding hydrogens is 218 g/mol. The number of benzene rings is 1. The molecule has 0 aliphatic heterocycles. The third kappa shape index (κ3) is 2.57. The second-order valence-electron chi connectivity index (χ2n) is 4.19. The lowest BCUT2D eigenvalue weighted by atomic mass is 9.89. The average Bonchev–Trinajstić information content (AvgIpc) is 2.32. The van der Waals surface area contributed by atoms with Crippen molar-refractivity contribution in [2.45, 2.75) is 25.0 Å². The van der Waals surface area contributed by atoms with E-state index < -0.39 is 0 Å². The van der Waals surface area contributed by atoms with Gasteiger partial charge in [0.15, 0.2) is 0 Å². The number of rotatable bonds is 4. The fourth-order valence-electron chi connectivity index (χ4n) is 1.95. The monoisotopic (exact) mass is 235 g/mol. The zero-order chi connectivity index (χ0) is 12.3. The molecule has 0 spiro atoms. The number of nitrogen functional groups attached to an aromatic ring is 1. The predicted molar refractivity (Wildman–Crippen MR) is 65.5 cm³/mol. The Morgan fingerprint density at radius 1 is 1.41 bits per heavy atom. The SMILES string of the molecule is COC1CC(NC(=O)c2ccccc2NN)C1. The average molecular weight is 235 g/mol. The van der Waals surface area contributed by atoms with E-state index in [1.807, 2.05) is 12.1 Å². The molecule has 0 radical (unpaired) electrons. The van der Waals surface area contributed by atoms with Gasteiger partial charge in [-0.3, -0.25) is 10.6 Å². The smallest absolute Gasteiger partial charge is 0.253 e. The zero-order valence-corrected chi connectivity index (χ0v) is 9.77. The lowest BCUT2D eigenvalue weighted by Crippen LogP contribution is -2.47. The first-order valence-corrected chi connectivity index (χ1v) is 5.64. The predicted octanol–water partition coefficient (Wildman–Crippen LogP) is 0.879. The molecule has 0 bridgehead atoms. The van der Waals surface area contributed by atoms with E-state index in [0.717, 1.165) is 12.8 Å². The third-order valence-corrected chi connectivity index (χ3v) is 3.09. The number of methoxy groups -OCH3 is 1. The molecule has 1 amide bonds. The quantitative estimate of drug-likeness (QED) is 0.535. The fraction of sp³-hybridized carbons (Fsp3) is 0.417. The van der Waals surface area contributed by atoms with Crippen LogP contribution in [-0.4, -0.2) is 25.2 Å². The number of nitrogens with one attached hydrogen (secondary N) is 2. The molecule has 4 N–H and O–H groups in total. The molecule has 1 aromatic rings. The van der Waals surface area contributed by atoms with Gasteiger partial charge in [0.05, 0.1) is 17.4 Å². The molecule has 1 fully saturated rings. The third-order valence-electron chi connectivity index (χ3n) is 3.09. The molecular formula is C12H17N3O2. The number of nitrogens with two attached hydrogens (primary N) is 1. The molecule has 0 saturated heterocycles. The highest BCUT2D eigenvalue weighted by atomic mass is 16.5. The summed E-state index contributed by atoms with van der Waals surface area (Å²) in [4.78, 5) is 12.0. The standard InChI is InChI=1S/C12H17N3O2/c1-17-9-6-8(7-9)14-12(16)10-4-2-3-5-11(10)15-13/h2-5,8-9,15H,6-7,13H2,1H3,(H,14,16). The van der Waals surface area contributed by atoms with Gasteiger partial charge in [-0.1, -0.05) is 12.1 Å². The maximum atomic E-state index is 12.0. The molecule has 1 aliphatic rings. The van der Waals surface area contributed by atoms with Crippen molar-refractivity contribution in [3.05, 3.63) is 29.8 Å². The van der Waals surface area contributed by atoms with E-state index in [-0.39, 0.29) is 18.1 Å². The molecule has 17 heavy (non-hydrogen) atoms. The number of hydrogen-bond acceptors (Lipinski definition) is 4. The van der Waals surface area contributed by atoms with Crippen LogP contribution in [0, 0.1) is 0 Å². The highest BCUT2D eigenvalue weighted by Crippen LogP contribution is 2.23. The fourth-order valence-corrected chi connectivity index (χ4v) is 1.95. The van der Waals surface area contributed by atoms with Gasteiger partial charge in [0.25, 0.3) is 5.91 Å². The van der Waals surface area contributed by atoms with E-state index in [2.05, 4.69) is 10.7 Å². The van der Waals surface area contributed by atoms with Crippen molar-refractivity contribution in [2.75, 3.05) is 12.5 Å².